The number of amides is 1. The van der Waals surface area contributed by atoms with Crippen LogP contribution in [0.1, 0.15) is 21.8 Å². The van der Waals surface area contributed by atoms with Crippen molar-refractivity contribution in [2.45, 2.75) is 5.92 Å². The van der Waals surface area contributed by atoms with Crippen molar-refractivity contribution in [3.05, 3.63) is 59.4 Å². The quantitative estimate of drug-likeness (QED) is 0.849. The fraction of sp³-hybridized carbons (Fsp3) is 0.278. The second kappa shape index (κ2) is 5.21. The summed E-state index contributed by atoms with van der Waals surface area (Å²) >= 11 is 0. The molecule has 2 aromatic rings. The Morgan fingerprint density at radius 3 is 2.55 bits per heavy atom. The molecular formula is C18H17FN2O. The van der Waals surface area contributed by atoms with Gasteiger partial charge in [0.1, 0.15) is 5.82 Å². The summed E-state index contributed by atoms with van der Waals surface area (Å²) in [6.07, 6.45) is 0. The summed E-state index contributed by atoms with van der Waals surface area (Å²) in [5.41, 5.74) is 3.73. The number of carbonyl (C=O) groups excluding carboxylic acids is 1. The molecule has 2 aromatic carbocycles. The molecule has 2 aliphatic heterocycles. The predicted molar refractivity (Wildman–Crippen MR) is 83.3 cm³/mol. The molecule has 0 spiro atoms. The number of hydrogen-bond donors (Lipinski definition) is 2. The standard InChI is InChI=1S/C18H17FN2O/c19-14-4-1-11(2-5-14)12-3-6-15-16(7-12)18(22)21-9-13-8-20-10-17(13)15/h1-7,13,17,20H,8-10H2,(H,21,22)/t13-,17+/m1/s1. The first kappa shape index (κ1) is 13.5. The monoisotopic (exact) mass is 296 g/mol. The van der Waals surface area contributed by atoms with E-state index in [1.807, 2.05) is 12.1 Å². The minimum Gasteiger partial charge on any atom is -0.352 e. The van der Waals surface area contributed by atoms with Gasteiger partial charge in [0.25, 0.3) is 5.91 Å². The SMILES string of the molecule is O=C1NC[C@H]2CNC[C@@H]2c2ccc(-c3ccc(F)cc3)cc21. The van der Waals surface area contributed by atoms with E-state index in [-0.39, 0.29) is 11.7 Å². The molecule has 4 heteroatoms. The van der Waals surface area contributed by atoms with Crippen molar-refractivity contribution in [3.8, 4) is 11.1 Å². The van der Waals surface area contributed by atoms with E-state index in [0.29, 0.717) is 11.8 Å². The van der Waals surface area contributed by atoms with E-state index in [1.54, 1.807) is 12.1 Å². The lowest BCUT2D eigenvalue weighted by Crippen LogP contribution is -2.28. The Bertz CT molecular complexity index is 726. The van der Waals surface area contributed by atoms with Gasteiger partial charge in [0.2, 0.25) is 0 Å². The summed E-state index contributed by atoms with van der Waals surface area (Å²) in [5, 5.41) is 6.43. The van der Waals surface area contributed by atoms with E-state index >= 15 is 0 Å². The third-order valence-electron chi connectivity index (χ3n) is 4.74. The molecule has 2 atom stereocenters. The number of halogens is 1. The zero-order chi connectivity index (χ0) is 15.1. The molecule has 112 valence electrons. The highest BCUT2D eigenvalue weighted by molar-refractivity contribution is 5.97. The Morgan fingerprint density at radius 1 is 0.955 bits per heavy atom. The molecular weight excluding hydrogens is 279 g/mol. The number of nitrogens with one attached hydrogen (secondary N) is 2. The first-order chi connectivity index (χ1) is 10.7. The Balaban J connectivity index is 1.79. The van der Waals surface area contributed by atoms with Crippen molar-refractivity contribution in [2.75, 3.05) is 19.6 Å². The maximum Gasteiger partial charge on any atom is 0.251 e. The molecule has 3 nitrogen and oxygen atoms in total. The van der Waals surface area contributed by atoms with Gasteiger partial charge in [-0.25, -0.2) is 4.39 Å². The highest BCUT2D eigenvalue weighted by atomic mass is 19.1. The summed E-state index contributed by atoms with van der Waals surface area (Å²) in [6.45, 7) is 2.59. The molecule has 4 rings (SSSR count). The van der Waals surface area contributed by atoms with E-state index < -0.39 is 0 Å². The van der Waals surface area contributed by atoms with Gasteiger partial charge in [0.15, 0.2) is 0 Å². The summed E-state index contributed by atoms with van der Waals surface area (Å²) in [4.78, 5) is 12.4. The molecule has 2 N–H and O–H groups in total. The third-order valence-corrected chi connectivity index (χ3v) is 4.74. The van der Waals surface area contributed by atoms with Crippen LogP contribution < -0.4 is 10.6 Å². The zero-order valence-corrected chi connectivity index (χ0v) is 12.1. The minimum atomic E-state index is -0.254. The van der Waals surface area contributed by atoms with Gasteiger partial charge in [-0.2, -0.15) is 0 Å². The van der Waals surface area contributed by atoms with Gasteiger partial charge in [-0.05, 0) is 40.8 Å². The number of rotatable bonds is 1. The fourth-order valence-corrected chi connectivity index (χ4v) is 3.53. The molecule has 2 aliphatic rings. The maximum absolute atomic E-state index is 13.1. The van der Waals surface area contributed by atoms with E-state index in [1.165, 1.54) is 12.1 Å². The highest BCUT2D eigenvalue weighted by Crippen LogP contribution is 2.34. The summed E-state index contributed by atoms with van der Waals surface area (Å²) in [7, 11) is 0. The predicted octanol–water partition coefficient (Wildman–Crippen LogP) is 2.54. The van der Waals surface area contributed by atoms with Crippen LogP contribution in [0.5, 0.6) is 0 Å². The zero-order valence-electron chi connectivity index (χ0n) is 12.1. The van der Waals surface area contributed by atoms with Crippen molar-refractivity contribution >= 4 is 5.91 Å². The second-order valence-corrected chi connectivity index (χ2v) is 6.04. The van der Waals surface area contributed by atoms with Crippen LogP contribution in [0.15, 0.2) is 42.5 Å². The molecule has 0 saturated carbocycles. The topological polar surface area (TPSA) is 41.1 Å². The Hall–Kier alpha value is -2.20. The maximum atomic E-state index is 13.1. The molecule has 1 fully saturated rings. The lowest BCUT2D eigenvalue weighted by Gasteiger charge is -2.16. The van der Waals surface area contributed by atoms with Crippen LogP contribution in [0.4, 0.5) is 4.39 Å². The van der Waals surface area contributed by atoms with Crippen LogP contribution in [0.2, 0.25) is 0 Å². The molecule has 2 heterocycles. The van der Waals surface area contributed by atoms with Crippen molar-refractivity contribution < 1.29 is 9.18 Å². The van der Waals surface area contributed by atoms with Gasteiger partial charge >= 0.3 is 0 Å². The van der Waals surface area contributed by atoms with Gasteiger partial charge in [-0.3, -0.25) is 4.79 Å². The molecule has 0 unspecified atom stereocenters. The molecule has 0 aromatic heterocycles. The van der Waals surface area contributed by atoms with Crippen molar-refractivity contribution in [3.63, 3.8) is 0 Å². The van der Waals surface area contributed by atoms with Crippen LogP contribution in [0.3, 0.4) is 0 Å². The van der Waals surface area contributed by atoms with E-state index in [0.717, 1.165) is 41.9 Å². The van der Waals surface area contributed by atoms with Gasteiger partial charge in [-0.15, -0.1) is 0 Å². The summed E-state index contributed by atoms with van der Waals surface area (Å²) in [5.74, 6) is 0.586. The number of hydrogen-bond acceptors (Lipinski definition) is 2. The van der Waals surface area contributed by atoms with Crippen molar-refractivity contribution in [2.24, 2.45) is 5.92 Å². The fourth-order valence-electron chi connectivity index (χ4n) is 3.53. The Kier molecular flexibility index (Phi) is 3.19. The van der Waals surface area contributed by atoms with E-state index in [2.05, 4.69) is 16.7 Å². The van der Waals surface area contributed by atoms with Crippen molar-refractivity contribution in [1.29, 1.82) is 0 Å². The number of benzene rings is 2. The van der Waals surface area contributed by atoms with Gasteiger partial charge in [-0.1, -0.05) is 24.3 Å². The van der Waals surface area contributed by atoms with Crippen LogP contribution in [0.25, 0.3) is 11.1 Å². The average Bonchev–Trinajstić information content (AvgIpc) is 2.96. The largest absolute Gasteiger partial charge is 0.352 e. The Labute approximate surface area is 128 Å². The van der Waals surface area contributed by atoms with E-state index in [4.69, 9.17) is 0 Å². The summed E-state index contributed by atoms with van der Waals surface area (Å²) in [6, 6.07) is 12.4. The highest BCUT2D eigenvalue weighted by Gasteiger charge is 2.34. The first-order valence-corrected chi connectivity index (χ1v) is 7.61. The van der Waals surface area contributed by atoms with Crippen LogP contribution in [-0.2, 0) is 0 Å². The lowest BCUT2D eigenvalue weighted by atomic mass is 9.86. The van der Waals surface area contributed by atoms with E-state index in [9.17, 15) is 9.18 Å². The van der Waals surface area contributed by atoms with Crippen molar-refractivity contribution in [1.82, 2.24) is 10.6 Å². The minimum absolute atomic E-state index is 0.00615. The average molecular weight is 296 g/mol. The van der Waals surface area contributed by atoms with Gasteiger partial charge in [0, 0.05) is 31.1 Å². The molecule has 1 saturated heterocycles. The normalized spacial score (nSPS) is 23.4. The van der Waals surface area contributed by atoms with Crippen LogP contribution in [0, 0.1) is 11.7 Å². The molecule has 0 radical (unpaired) electrons. The molecule has 0 aliphatic carbocycles. The summed E-state index contributed by atoms with van der Waals surface area (Å²) < 4.78 is 13.1. The van der Waals surface area contributed by atoms with Gasteiger partial charge < -0.3 is 10.6 Å². The second-order valence-electron chi connectivity index (χ2n) is 6.04. The number of carbonyl (C=O) groups is 1. The molecule has 22 heavy (non-hydrogen) atoms. The Morgan fingerprint density at radius 2 is 1.73 bits per heavy atom. The molecule has 0 bridgehead atoms. The number of fused-ring (bicyclic) bond motifs is 3. The lowest BCUT2D eigenvalue weighted by molar-refractivity contribution is 0.0952. The molecule has 1 amide bonds. The van der Waals surface area contributed by atoms with Crippen LogP contribution >= 0.6 is 0 Å². The van der Waals surface area contributed by atoms with Gasteiger partial charge in [0.05, 0.1) is 0 Å². The smallest absolute Gasteiger partial charge is 0.251 e. The third kappa shape index (κ3) is 2.20. The first-order valence-electron chi connectivity index (χ1n) is 7.61. The van der Waals surface area contributed by atoms with Crippen LogP contribution in [-0.4, -0.2) is 25.5 Å².